The van der Waals surface area contributed by atoms with Crippen molar-refractivity contribution in [3.8, 4) is 5.75 Å². The first-order valence-corrected chi connectivity index (χ1v) is 11.6. The predicted octanol–water partition coefficient (Wildman–Crippen LogP) is 4.30. The van der Waals surface area contributed by atoms with E-state index >= 15 is 0 Å². The van der Waals surface area contributed by atoms with Gasteiger partial charge in [0.25, 0.3) is 0 Å². The monoisotopic (exact) mass is 404 g/mol. The summed E-state index contributed by atoms with van der Waals surface area (Å²) in [7, 11) is 1.55. The number of rotatable bonds is 9. The summed E-state index contributed by atoms with van der Waals surface area (Å²) in [6, 6.07) is 6.52. The van der Waals surface area contributed by atoms with Crippen molar-refractivity contribution in [2.24, 2.45) is 0 Å². The van der Waals surface area contributed by atoms with E-state index in [4.69, 9.17) is 15.1 Å². The second-order valence-corrected chi connectivity index (χ2v) is 8.97. The second-order valence-electron chi connectivity index (χ2n) is 4.69. The average Bonchev–Trinajstić information content (AvgIpc) is 2.55. The fraction of sp³-hybridized carbons (Fsp3) is 0.625. The molecule has 0 spiro atoms. The van der Waals surface area contributed by atoms with Crippen molar-refractivity contribution < 1.29 is 20.0 Å². The molecule has 0 saturated heterocycles. The molecule has 0 aliphatic heterocycles. The average molecular weight is 403 g/mol. The summed E-state index contributed by atoms with van der Waals surface area (Å²) >= 11 is 0.149. The van der Waals surface area contributed by atoms with Crippen LogP contribution in [-0.4, -0.2) is 38.6 Å². The summed E-state index contributed by atoms with van der Waals surface area (Å²) in [5.74, 6) is 0.684. The summed E-state index contributed by atoms with van der Waals surface area (Å²) in [5, 5.41) is 17.1. The quantitative estimate of drug-likeness (QED) is 0.212. The summed E-state index contributed by atoms with van der Waals surface area (Å²) in [6.45, 7) is 4.58. The minimum Gasteiger partial charge on any atom is -0.497 e. The van der Waals surface area contributed by atoms with Crippen LogP contribution in [-0.2, 0) is 4.89 Å². The van der Waals surface area contributed by atoms with Gasteiger partial charge in [-0.05, 0) is 12.1 Å². The molecule has 120 valence electrons. The molecule has 1 unspecified atom stereocenters. The van der Waals surface area contributed by atoms with Crippen LogP contribution in [0.25, 0.3) is 0 Å². The number of ether oxygens (including phenoxy) is 1. The van der Waals surface area contributed by atoms with Gasteiger partial charge in [0.1, 0.15) is 5.75 Å². The Hall–Kier alpha value is -0.301. The van der Waals surface area contributed by atoms with Gasteiger partial charge in [0, 0.05) is 5.56 Å². The molecule has 2 N–H and O–H groups in total. The molecular formula is C16H28O4Sn. The van der Waals surface area contributed by atoms with E-state index in [-0.39, 0.29) is 21.1 Å². The van der Waals surface area contributed by atoms with Gasteiger partial charge in [0.2, 0.25) is 6.29 Å². The molecule has 0 saturated carbocycles. The topological polar surface area (TPSA) is 58.9 Å². The number of aliphatic hydroxyl groups is 1. The Balaban J connectivity index is 0.000000400. The number of methoxy groups -OCH3 is 1. The van der Waals surface area contributed by atoms with Gasteiger partial charge in [-0.1, -0.05) is 12.1 Å². The SMILES string of the molecule is CCC[CH2][Sn][CH2]CCC.COc1ccc(C(O)OO)cc1. The Morgan fingerprint density at radius 2 is 1.57 bits per heavy atom. The second kappa shape index (κ2) is 14.6. The van der Waals surface area contributed by atoms with Crippen molar-refractivity contribution in [2.75, 3.05) is 7.11 Å². The van der Waals surface area contributed by atoms with E-state index in [0.29, 0.717) is 11.3 Å². The van der Waals surface area contributed by atoms with Crippen molar-refractivity contribution >= 4 is 21.1 Å². The summed E-state index contributed by atoms with van der Waals surface area (Å²) in [4.78, 5) is 3.72. The molecule has 0 fully saturated rings. The largest absolute Gasteiger partial charge is 0.497 e. The molecule has 2 radical (unpaired) electrons. The van der Waals surface area contributed by atoms with Gasteiger partial charge in [0.15, 0.2) is 0 Å². The maximum Gasteiger partial charge on any atom is 0.214 e. The molecule has 0 aromatic heterocycles. The molecular weight excluding hydrogens is 375 g/mol. The zero-order valence-corrected chi connectivity index (χ0v) is 16.2. The van der Waals surface area contributed by atoms with E-state index in [1.165, 1.54) is 25.7 Å². The molecule has 5 heteroatoms. The zero-order valence-electron chi connectivity index (χ0n) is 13.3. The number of benzene rings is 1. The van der Waals surface area contributed by atoms with Crippen molar-refractivity contribution in [3.05, 3.63) is 29.8 Å². The fourth-order valence-electron chi connectivity index (χ4n) is 1.56. The number of hydrogen-bond donors (Lipinski definition) is 2. The first-order chi connectivity index (χ1) is 10.2. The van der Waals surface area contributed by atoms with Crippen LogP contribution in [0.5, 0.6) is 5.75 Å². The van der Waals surface area contributed by atoms with Crippen LogP contribution < -0.4 is 4.74 Å². The van der Waals surface area contributed by atoms with E-state index in [9.17, 15) is 0 Å². The molecule has 0 bridgehead atoms. The first kappa shape index (κ1) is 20.7. The summed E-state index contributed by atoms with van der Waals surface area (Å²) < 4.78 is 8.15. The first-order valence-electron chi connectivity index (χ1n) is 7.52. The summed E-state index contributed by atoms with van der Waals surface area (Å²) in [5.41, 5.74) is 0.471. The Morgan fingerprint density at radius 1 is 1.05 bits per heavy atom. The van der Waals surface area contributed by atoms with Crippen molar-refractivity contribution in [2.45, 2.75) is 54.7 Å². The molecule has 4 nitrogen and oxygen atoms in total. The van der Waals surface area contributed by atoms with Crippen LogP contribution in [0, 0.1) is 0 Å². The molecule has 1 aromatic carbocycles. The molecule has 21 heavy (non-hydrogen) atoms. The Bertz CT molecular complexity index is 324. The minimum absolute atomic E-state index is 0.149. The predicted molar refractivity (Wildman–Crippen MR) is 86.9 cm³/mol. The Morgan fingerprint density at radius 3 is 1.95 bits per heavy atom. The van der Waals surface area contributed by atoms with Crippen molar-refractivity contribution in [1.82, 2.24) is 0 Å². The molecule has 0 heterocycles. The van der Waals surface area contributed by atoms with Gasteiger partial charge in [0.05, 0.1) is 7.11 Å². The van der Waals surface area contributed by atoms with Crippen LogP contribution >= 0.6 is 0 Å². The molecule has 1 atom stereocenters. The zero-order chi connectivity index (χ0) is 15.9. The smallest absolute Gasteiger partial charge is 0.214 e. The van der Waals surface area contributed by atoms with E-state index in [0.717, 1.165) is 0 Å². The summed E-state index contributed by atoms with van der Waals surface area (Å²) in [6.07, 6.45) is 4.54. The normalized spacial score (nSPS) is 11.5. The molecule has 0 aliphatic carbocycles. The third-order valence-corrected chi connectivity index (χ3v) is 6.95. The molecule has 0 aliphatic rings. The van der Waals surface area contributed by atoms with Gasteiger partial charge in [-0.15, -0.1) is 0 Å². The standard InChI is InChI=1S/C8H10O4.2C4H9.Sn/c1-11-7-4-2-6(3-5-7)8(9)12-10;2*1-3-4-2;/h2-5,8-10H,1H3;2*1,3-4H2,2H3;. The van der Waals surface area contributed by atoms with Crippen LogP contribution in [0.3, 0.4) is 0 Å². The van der Waals surface area contributed by atoms with Crippen LogP contribution in [0.4, 0.5) is 0 Å². The fourth-order valence-corrected chi connectivity index (χ4v) is 5.72. The van der Waals surface area contributed by atoms with E-state index < -0.39 is 6.29 Å². The van der Waals surface area contributed by atoms with Crippen LogP contribution in [0.2, 0.25) is 8.87 Å². The van der Waals surface area contributed by atoms with Crippen LogP contribution in [0.15, 0.2) is 24.3 Å². The van der Waals surface area contributed by atoms with Crippen molar-refractivity contribution in [3.63, 3.8) is 0 Å². The molecule has 1 rings (SSSR count). The van der Waals surface area contributed by atoms with Gasteiger partial charge >= 0.3 is 69.5 Å². The van der Waals surface area contributed by atoms with Gasteiger partial charge in [-0.3, -0.25) is 0 Å². The number of aliphatic hydroxyl groups excluding tert-OH is 1. The van der Waals surface area contributed by atoms with Gasteiger partial charge < -0.3 is 9.84 Å². The van der Waals surface area contributed by atoms with Gasteiger partial charge in [-0.2, -0.15) is 0 Å². The van der Waals surface area contributed by atoms with E-state index in [1.54, 1.807) is 40.2 Å². The number of hydrogen-bond acceptors (Lipinski definition) is 4. The molecule has 0 amide bonds. The minimum atomic E-state index is -1.30. The van der Waals surface area contributed by atoms with Gasteiger partial charge in [-0.25, -0.2) is 10.1 Å². The van der Waals surface area contributed by atoms with Crippen molar-refractivity contribution in [1.29, 1.82) is 0 Å². The van der Waals surface area contributed by atoms with Crippen LogP contribution in [0.1, 0.15) is 51.4 Å². The third kappa shape index (κ3) is 11.0. The maximum absolute atomic E-state index is 8.98. The number of unbranched alkanes of at least 4 members (excludes halogenated alkanes) is 2. The Kier molecular flexibility index (Phi) is 14.4. The van der Waals surface area contributed by atoms with E-state index in [1.807, 2.05) is 0 Å². The Labute approximate surface area is 138 Å². The maximum atomic E-state index is 8.98. The third-order valence-electron chi connectivity index (χ3n) is 2.92. The van der Waals surface area contributed by atoms with E-state index in [2.05, 4.69) is 18.7 Å². The molecule has 1 aromatic rings.